The third-order valence-corrected chi connectivity index (χ3v) is 3.87. The van der Waals surface area contributed by atoms with Gasteiger partial charge in [0.1, 0.15) is 5.82 Å². The Labute approximate surface area is 128 Å². The zero-order chi connectivity index (χ0) is 14.5. The SMILES string of the molecule is CCCNC(C)c1ccc(F)c(-c2ccc(Br)cc2)c1. The Balaban J connectivity index is 2.31. The van der Waals surface area contributed by atoms with E-state index in [1.165, 1.54) is 0 Å². The third kappa shape index (κ3) is 3.68. The van der Waals surface area contributed by atoms with E-state index in [2.05, 4.69) is 35.1 Å². The molecule has 2 aromatic carbocycles. The molecule has 0 aromatic heterocycles. The van der Waals surface area contributed by atoms with Crippen LogP contribution in [-0.4, -0.2) is 6.54 Å². The van der Waals surface area contributed by atoms with E-state index >= 15 is 0 Å². The maximum atomic E-state index is 14.0. The molecular formula is C17H19BrFN. The molecule has 2 aromatic rings. The fourth-order valence-electron chi connectivity index (χ4n) is 2.14. The van der Waals surface area contributed by atoms with Crippen molar-refractivity contribution in [2.45, 2.75) is 26.3 Å². The van der Waals surface area contributed by atoms with Crippen LogP contribution in [0.3, 0.4) is 0 Å². The van der Waals surface area contributed by atoms with Gasteiger partial charge in [-0.15, -0.1) is 0 Å². The smallest absolute Gasteiger partial charge is 0.131 e. The molecule has 0 bridgehead atoms. The standard InChI is InChI=1S/C17H19BrFN/c1-3-10-20-12(2)14-6-9-17(19)16(11-14)13-4-7-15(18)8-5-13/h4-9,11-12,20H,3,10H2,1-2H3. The summed E-state index contributed by atoms with van der Waals surface area (Å²) < 4.78 is 15.0. The van der Waals surface area contributed by atoms with Crippen LogP contribution in [0.4, 0.5) is 4.39 Å². The molecule has 1 nitrogen and oxygen atoms in total. The van der Waals surface area contributed by atoms with Crippen LogP contribution in [0.5, 0.6) is 0 Å². The summed E-state index contributed by atoms with van der Waals surface area (Å²) in [6.45, 7) is 5.21. The summed E-state index contributed by atoms with van der Waals surface area (Å²) in [4.78, 5) is 0. The van der Waals surface area contributed by atoms with Gasteiger partial charge in [0, 0.05) is 16.1 Å². The molecule has 0 fully saturated rings. The molecule has 0 radical (unpaired) electrons. The minimum Gasteiger partial charge on any atom is -0.310 e. The Hall–Kier alpha value is -1.19. The van der Waals surface area contributed by atoms with Crippen molar-refractivity contribution in [2.75, 3.05) is 6.54 Å². The van der Waals surface area contributed by atoms with Gasteiger partial charge in [0.15, 0.2) is 0 Å². The van der Waals surface area contributed by atoms with Crippen LogP contribution in [0.2, 0.25) is 0 Å². The van der Waals surface area contributed by atoms with E-state index in [0.29, 0.717) is 5.56 Å². The van der Waals surface area contributed by atoms with Gasteiger partial charge < -0.3 is 5.32 Å². The molecule has 106 valence electrons. The average molecular weight is 336 g/mol. The summed E-state index contributed by atoms with van der Waals surface area (Å²) in [6.07, 6.45) is 1.09. The van der Waals surface area contributed by atoms with Crippen LogP contribution in [0.1, 0.15) is 31.9 Å². The lowest BCUT2D eigenvalue weighted by Gasteiger charge is -2.15. The topological polar surface area (TPSA) is 12.0 Å². The van der Waals surface area contributed by atoms with Gasteiger partial charge in [-0.1, -0.05) is 41.1 Å². The highest BCUT2D eigenvalue weighted by Crippen LogP contribution is 2.27. The van der Waals surface area contributed by atoms with Crippen molar-refractivity contribution in [3.8, 4) is 11.1 Å². The van der Waals surface area contributed by atoms with E-state index in [-0.39, 0.29) is 11.9 Å². The lowest BCUT2D eigenvalue weighted by Crippen LogP contribution is -2.19. The number of halogens is 2. The Morgan fingerprint density at radius 1 is 1.15 bits per heavy atom. The van der Waals surface area contributed by atoms with Crippen molar-refractivity contribution in [2.24, 2.45) is 0 Å². The van der Waals surface area contributed by atoms with Gasteiger partial charge in [-0.25, -0.2) is 4.39 Å². The van der Waals surface area contributed by atoms with Crippen molar-refractivity contribution >= 4 is 15.9 Å². The van der Waals surface area contributed by atoms with E-state index in [1.54, 1.807) is 6.07 Å². The van der Waals surface area contributed by atoms with Gasteiger partial charge in [0.05, 0.1) is 0 Å². The second-order valence-electron chi connectivity index (χ2n) is 4.92. The third-order valence-electron chi connectivity index (χ3n) is 3.35. The molecule has 0 aliphatic heterocycles. The van der Waals surface area contributed by atoms with Crippen molar-refractivity contribution in [1.82, 2.24) is 5.32 Å². The van der Waals surface area contributed by atoms with Gasteiger partial charge in [-0.2, -0.15) is 0 Å². The Bertz CT molecular complexity index is 566. The van der Waals surface area contributed by atoms with E-state index < -0.39 is 0 Å². The Morgan fingerprint density at radius 2 is 1.85 bits per heavy atom. The van der Waals surface area contributed by atoms with Crippen LogP contribution in [0.25, 0.3) is 11.1 Å². The van der Waals surface area contributed by atoms with Crippen LogP contribution < -0.4 is 5.32 Å². The van der Waals surface area contributed by atoms with Crippen molar-refractivity contribution in [3.05, 3.63) is 58.3 Å². The highest BCUT2D eigenvalue weighted by atomic mass is 79.9. The largest absolute Gasteiger partial charge is 0.310 e. The van der Waals surface area contributed by atoms with E-state index in [9.17, 15) is 4.39 Å². The number of benzene rings is 2. The first kappa shape index (κ1) is 15.2. The molecule has 0 amide bonds. The summed E-state index contributed by atoms with van der Waals surface area (Å²) in [5, 5.41) is 3.43. The monoisotopic (exact) mass is 335 g/mol. The second kappa shape index (κ2) is 7.00. The first-order chi connectivity index (χ1) is 9.61. The molecule has 20 heavy (non-hydrogen) atoms. The van der Waals surface area contributed by atoms with Gasteiger partial charge in [0.2, 0.25) is 0 Å². The van der Waals surface area contributed by atoms with Gasteiger partial charge in [-0.3, -0.25) is 0 Å². The van der Waals surface area contributed by atoms with Gasteiger partial charge in [0.25, 0.3) is 0 Å². The maximum Gasteiger partial charge on any atom is 0.131 e. The molecule has 2 rings (SSSR count). The molecule has 3 heteroatoms. The van der Waals surface area contributed by atoms with Crippen LogP contribution in [0, 0.1) is 5.82 Å². The molecule has 0 saturated heterocycles. The fourth-order valence-corrected chi connectivity index (χ4v) is 2.41. The lowest BCUT2D eigenvalue weighted by atomic mass is 9.99. The van der Waals surface area contributed by atoms with Crippen LogP contribution in [-0.2, 0) is 0 Å². The lowest BCUT2D eigenvalue weighted by molar-refractivity contribution is 0.568. The van der Waals surface area contributed by atoms with Gasteiger partial charge in [-0.05, 0) is 55.3 Å². The summed E-state index contributed by atoms with van der Waals surface area (Å²) in [7, 11) is 0. The predicted molar refractivity (Wildman–Crippen MR) is 86.2 cm³/mol. The molecule has 0 saturated carbocycles. The molecule has 0 spiro atoms. The van der Waals surface area contributed by atoms with E-state index in [0.717, 1.165) is 28.6 Å². The van der Waals surface area contributed by atoms with Crippen molar-refractivity contribution in [1.29, 1.82) is 0 Å². The molecular weight excluding hydrogens is 317 g/mol. The van der Waals surface area contributed by atoms with Crippen LogP contribution in [0.15, 0.2) is 46.9 Å². The second-order valence-corrected chi connectivity index (χ2v) is 5.84. The highest BCUT2D eigenvalue weighted by Gasteiger charge is 2.10. The number of hydrogen-bond donors (Lipinski definition) is 1. The van der Waals surface area contributed by atoms with Crippen molar-refractivity contribution in [3.63, 3.8) is 0 Å². The molecule has 1 unspecified atom stereocenters. The summed E-state index contributed by atoms with van der Waals surface area (Å²) in [5.74, 6) is -0.182. The minimum absolute atomic E-state index is 0.182. The number of rotatable bonds is 5. The summed E-state index contributed by atoms with van der Waals surface area (Å²) in [5.41, 5.74) is 2.66. The highest BCUT2D eigenvalue weighted by molar-refractivity contribution is 9.10. The molecule has 0 aliphatic carbocycles. The molecule has 0 heterocycles. The average Bonchev–Trinajstić information content (AvgIpc) is 2.46. The molecule has 1 atom stereocenters. The quantitative estimate of drug-likeness (QED) is 0.780. The maximum absolute atomic E-state index is 14.0. The molecule has 1 N–H and O–H groups in total. The summed E-state index contributed by atoms with van der Waals surface area (Å²) >= 11 is 3.40. The van der Waals surface area contributed by atoms with E-state index in [1.807, 2.05) is 36.4 Å². The van der Waals surface area contributed by atoms with Gasteiger partial charge >= 0.3 is 0 Å². The fraction of sp³-hybridized carbons (Fsp3) is 0.294. The van der Waals surface area contributed by atoms with Crippen molar-refractivity contribution < 1.29 is 4.39 Å². The number of nitrogens with one attached hydrogen (secondary N) is 1. The molecule has 0 aliphatic rings. The Kier molecular flexibility index (Phi) is 5.32. The first-order valence-electron chi connectivity index (χ1n) is 6.90. The zero-order valence-corrected chi connectivity index (χ0v) is 13.4. The predicted octanol–water partition coefficient (Wildman–Crippen LogP) is 5.32. The number of hydrogen-bond acceptors (Lipinski definition) is 1. The zero-order valence-electron chi connectivity index (χ0n) is 11.8. The normalized spacial score (nSPS) is 12.4. The van der Waals surface area contributed by atoms with Crippen LogP contribution >= 0.6 is 15.9 Å². The summed E-state index contributed by atoms with van der Waals surface area (Å²) in [6, 6.07) is 13.3. The first-order valence-corrected chi connectivity index (χ1v) is 7.70. The Morgan fingerprint density at radius 3 is 2.50 bits per heavy atom. The minimum atomic E-state index is -0.182. The van der Waals surface area contributed by atoms with E-state index in [4.69, 9.17) is 0 Å².